The van der Waals surface area contributed by atoms with Crippen molar-refractivity contribution in [1.82, 2.24) is 10.3 Å². The summed E-state index contributed by atoms with van der Waals surface area (Å²) in [5, 5.41) is 10.2. The molecule has 0 saturated heterocycles. The van der Waals surface area contributed by atoms with Crippen LogP contribution in [0, 0.1) is 0 Å². The lowest BCUT2D eigenvalue weighted by Crippen LogP contribution is -2.23. The fourth-order valence-corrected chi connectivity index (χ4v) is 3.40. The van der Waals surface area contributed by atoms with Crippen molar-refractivity contribution in [2.45, 2.75) is 6.54 Å². The Morgan fingerprint density at radius 1 is 0.853 bits per heavy atom. The van der Waals surface area contributed by atoms with Crippen molar-refractivity contribution in [3.05, 3.63) is 113 Å². The molecule has 0 radical (unpaired) electrons. The first-order chi connectivity index (χ1) is 16.5. The fraction of sp³-hybridized carbons (Fsp3) is 0.0385. The first kappa shape index (κ1) is 23.2. The molecular weight excluding hydrogens is 468 g/mol. The lowest BCUT2D eigenvalue weighted by molar-refractivity contribution is 0.0945. The lowest BCUT2D eigenvalue weighted by atomic mass is 10.2. The fourth-order valence-electron chi connectivity index (χ4n) is 3.04. The van der Waals surface area contributed by atoms with Crippen LogP contribution in [-0.2, 0) is 6.54 Å². The van der Waals surface area contributed by atoms with E-state index in [2.05, 4.69) is 20.9 Å². The van der Waals surface area contributed by atoms with Crippen LogP contribution in [0.5, 0.6) is 11.5 Å². The Morgan fingerprint density at radius 3 is 2.18 bits per heavy atom. The van der Waals surface area contributed by atoms with Crippen LogP contribution in [0.2, 0.25) is 5.02 Å². The Morgan fingerprint density at radius 2 is 1.50 bits per heavy atom. The second-order valence-corrected chi connectivity index (χ2v) is 8.10. The summed E-state index contributed by atoms with van der Waals surface area (Å²) in [5.74, 6) is 0.861. The summed E-state index contributed by atoms with van der Waals surface area (Å²) in [6.07, 6.45) is 1.55. The molecule has 4 aromatic rings. The predicted molar refractivity (Wildman–Crippen MR) is 140 cm³/mol. The van der Waals surface area contributed by atoms with E-state index in [0.29, 0.717) is 28.2 Å². The number of rotatable bonds is 7. The molecule has 0 aliphatic rings. The largest absolute Gasteiger partial charge is 0.457 e. The maximum absolute atomic E-state index is 12.5. The normalized spacial score (nSPS) is 10.3. The maximum Gasteiger partial charge on any atom is 0.270 e. The molecule has 0 saturated carbocycles. The average Bonchev–Trinajstić information content (AvgIpc) is 2.86. The van der Waals surface area contributed by atoms with E-state index in [1.54, 1.807) is 30.5 Å². The molecule has 1 heterocycles. The third-order valence-corrected chi connectivity index (χ3v) is 5.17. The van der Waals surface area contributed by atoms with Crippen LogP contribution in [0.1, 0.15) is 16.1 Å². The van der Waals surface area contributed by atoms with Gasteiger partial charge in [0.15, 0.2) is 5.11 Å². The molecule has 1 aromatic heterocycles. The Hall–Kier alpha value is -3.94. The number of ether oxygens (including phenoxy) is 1. The van der Waals surface area contributed by atoms with Crippen LogP contribution in [0.25, 0.3) is 0 Å². The summed E-state index contributed by atoms with van der Waals surface area (Å²) < 4.78 is 5.89. The number of hydrogen-bond donors (Lipinski definition) is 3. The van der Waals surface area contributed by atoms with Crippen molar-refractivity contribution in [3.8, 4) is 11.5 Å². The minimum absolute atomic E-state index is 0.268. The van der Waals surface area contributed by atoms with Crippen LogP contribution in [0.15, 0.2) is 97.2 Å². The van der Waals surface area contributed by atoms with Gasteiger partial charge in [-0.05, 0) is 72.4 Å². The van der Waals surface area contributed by atoms with E-state index >= 15 is 0 Å². The van der Waals surface area contributed by atoms with E-state index in [-0.39, 0.29) is 11.6 Å². The number of aromatic nitrogens is 1. The van der Waals surface area contributed by atoms with Gasteiger partial charge in [-0.15, -0.1) is 0 Å². The number of carbonyl (C=O) groups excluding carboxylic acids is 1. The summed E-state index contributed by atoms with van der Waals surface area (Å²) in [7, 11) is 0. The molecule has 0 unspecified atom stereocenters. The maximum atomic E-state index is 12.5. The highest BCUT2D eigenvalue weighted by Crippen LogP contribution is 2.23. The molecule has 0 atom stereocenters. The van der Waals surface area contributed by atoms with Crippen LogP contribution in [-0.4, -0.2) is 16.0 Å². The Balaban J connectivity index is 1.31. The van der Waals surface area contributed by atoms with Gasteiger partial charge in [0.25, 0.3) is 5.91 Å². The molecule has 0 aliphatic heterocycles. The van der Waals surface area contributed by atoms with Crippen molar-refractivity contribution >= 4 is 46.2 Å². The second kappa shape index (κ2) is 11.3. The number of halogens is 1. The van der Waals surface area contributed by atoms with Crippen LogP contribution in [0.4, 0.5) is 11.4 Å². The smallest absolute Gasteiger partial charge is 0.270 e. The quantitative estimate of drug-likeness (QED) is 0.266. The summed E-state index contributed by atoms with van der Waals surface area (Å²) in [5.41, 5.74) is 2.93. The lowest BCUT2D eigenvalue weighted by Gasteiger charge is -2.12. The zero-order chi connectivity index (χ0) is 23.8. The highest BCUT2D eigenvalue weighted by atomic mass is 35.5. The van der Waals surface area contributed by atoms with Gasteiger partial charge < -0.3 is 20.7 Å². The number of carbonyl (C=O) groups is 1. The van der Waals surface area contributed by atoms with Crippen molar-refractivity contribution in [2.24, 2.45) is 0 Å². The van der Waals surface area contributed by atoms with Gasteiger partial charge in [-0.2, -0.15) is 0 Å². The van der Waals surface area contributed by atoms with Crippen molar-refractivity contribution in [1.29, 1.82) is 0 Å². The van der Waals surface area contributed by atoms with Gasteiger partial charge in [-0.1, -0.05) is 41.9 Å². The molecule has 4 rings (SSSR count). The molecule has 8 heteroatoms. The number of benzene rings is 3. The predicted octanol–water partition coefficient (Wildman–Crippen LogP) is 6.27. The second-order valence-electron chi connectivity index (χ2n) is 7.26. The molecule has 6 nitrogen and oxygen atoms in total. The Labute approximate surface area is 208 Å². The van der Waals surface area contributed by atoms with Gasteiger partial charge >= 0.3 is 0 Å². The molecule has 0 spiro atoms. The highest BCUT2D eigenvalue weighted by molar-refractivity contribution is 7.80. The van der Waals surface area contributed by atoms with Gasteiger partial charge in [0, 0.05) is 35.2 Å². The van der Waals surface area contributed by atoms with E-state index in [1.165, 1.54) is 0 Å². The standard InChI is InChI=1S/C26H21ClN4O2S/c27-19-6-8-20(9-7-19)30-26(34)31-21-10-12-22(13-11-21)33-23-14-15-28-24(16-23)25(32)29-17-18-4-2-1-3-5-18/h1-16H,17H2,(H,29,32)(H2,30,31,34). The van der Waals surface area contributed by atoms with Gasteiger partial charge in [-0.3, -0.25) is 9.78 Å². The number of hydrogen-bond acceptors (Lipinski definition) is 4. The molecule has 3 N–H and O–H groups in total. The van der Waals surface area contributed by atoms with Gasteiger partial charge in [0.1, 0.15) is 17.2 Å². The van der Waals surface area contributed by atoms with E-state index in [1.807, 2.05) is 66.7 Å². The minimum atomic E-state index is -0.268. The van der Waals surface area contributed by atoms with Gasteiger partial charge in [0.05, 0.1) is 0 Å². The van der Waals surface area contributed by atoms with E-state index < -0.39 is 0 Å². The molecule has 0 bridgehead atoms. The first-order valence-corrected chi connectivity index (χ1v) is 11.2. The third-order valence-electron chi connectivity index (χ3n) is 4.71. The molecule has 0 fully saturated rings. The van der Waals surface area contributed by atoms with E-state index in [9.17, 15) is 4.79 Å². The number of amides is 1. The average molecular weight is 489 g/mol. The highest BCUT2D eigenvalue weighted by Gasteiger charge is 2.09. The van der Waals surface area contributed by atoms with Crippen LogP contribution in [0.3, 0.4) is 0 Å². The van der Waals surface area contributed by atoms with Crippen LogP contribution >= 0.6 is 23.8 Å². The zero-order valence-electron chi connectivity index (χ0n) is 18.0. The number of anilines is 2. The van der Waals surface area contributed by atoms with Crippen LogP contribution < -0.4 is 20.7 Å². The van der Waals surface area contributed by atoms with Gasteiger partial charge in [-0.25, -0.2) is 0 Å². The number of pyridine rings is 1. The van der Waals surface area contributed by atoms with Gasteiger partial charge in [0.2, 0.25) is 0 Å². The Bertz CT molecular complexity index is 1270. The summed E-state index contributed by atoms with van der Waals surface area (Å²) >= 11 is 11.2. The zero-order valence-corrected chi connectivity index (χ0v) is 19.6. The molecule has 3 aromatic carbocycles. The van der Waals surface area contributed by atoms with Crippen molar-refractivity contribution in [2.75, 3.05) is 10.6 Å². The molecule has 34 heavy (non-hydrogen) atoms. The topological polar surface area (TPSA) is 75.3 Å². The number of nitrogens with zero attached hydrogens (tertiary/aromatic N) is 1. The van der Waals surface area contributed by atoms with E-state index in [0.717, 1.165) is 16.9 Å². The van der Waals surface area contributed by atoms with E-state index in [4.69, 9.17) is 28.6 Å². The molecule has 170 valence electrons. The molecular formula is C26H21ClN4O2S. The van der Waals surface area contributed by atoms with Crippen molar-refractivity contribution in [3.63, 3.8) is 0 Å². The monoisotopic (exact) mass is 488 g/mol. The minimum Gasteiger partial charge on any atom is -0.457 e. The number of nitrogens with one attached hydrogen (secondary N) is 3. The summed E-state index contributed by atoms with van der Waals surface area (Å²) in [6, 6.07) is 27.6. The van der Waals surface area contributed by atoms with Crippen molar-refractivity contribution < 1.29 is 9.53 Å². The molecule has 1 amide bonds. The summed E-state index contributed by atoms with van der Waals surface area (Å²) in [4.78, 5) is 16.6. The third kappa shape index (κ3) is 6.78. The summed E-state index contributed by atoms with van der Waals surface area (Å²) in [6.45, 7) is 0.426. The number of thiocarbonyl (C=S) groups is 1. The molecule has 0 aliphatic carbocycles. The SMILES string of the molecule is O=C(NCc1ccccc1)c1cc(Oc2ccc(NC(=S)Nc3ccc(Cl)cc3)cc2)ccn1. The Kier molecular flexibility index (Phi) is 7.70. The first-order valence-electron chi connectivity index (χ1n) is 10.4.